The van der Waals surface area contributed by atoms with Gasteiger partial charge < -0.3 is 5.11 Å². The maximum absolute atomic E-state index is 12.7. The van der Waals surface area contributed by atoms with Crippen molar-refractivity contribution in [3.63, 3.8) is 0 Å². The minimum atomic E-state index is -1.06. The first-order chi connectivity index (χ1) is 10.6. The van der Waals surface area contributed by atoms with Crippen molar-refractivity contribution in [1.29, 1.82) is 0 Å². The van der Waals surface area contributed by atoms with Crippen molar-refractivity contribution in [2.24, 2.45) is 0 Å². The molecule has 0 bridgehead atoms. The topological polar surface area (TPSA) is 85.1 Å². The fourth-order valence-electron chi connectivity index (χ4n) is 2.76. The van der Waals surface area contributed by atoms with Crippen LogP contribution in [-0.4, -0.2) is 25.6 Å². The van der Waals surface area contributed by atoms with Crippen LogP contribution in [0.5, 0.6) is 0 Å². The second-order valence-corrected chi connectivity index (χ2v) is 7.17. The molecule has 0 atom stereocenters. The molecule has 3 aromatic rings. The van der Waals surface area contributed by atoms with Crippen molar-refractivity contribution in [3.8, 4) is 0 Å². The van der Waals surface area contributed by atoms with E-state index in [1.54, 1.807) is 11.3 Å². The lowest BCUT2D eigenvalue weighted by molar-refractivity contribution is 0.0691. The van der Waals surface area contributed by atoms with Crippen LogP contribution in [0.15, 0.2) is 16.5 Å². The lowest BCUT2D eigenvalue weighted by Crippen LogP contribution is -2.21. The number of hydrogen-bond acceptors (Lipinski definition) is 6. The molecular weight excluding hydrogens is 322 g/mol. The molecule has 3 heterocycles. The molecule has 0 radical (unpaired) electrons. The molecule has 0 amide bonds. The molecule has 6 nitrogen and oxygen atoms in total. The van der Waals surface area contributed by atoms with Crippen LogP contribution in [0.2, 0.25) is 0 Å². The smallest absolute Gasteiger partial charge is 0.355 e. The Morgan fingerprint density at radius 3 is 3.05 bits per heavy atom. The van der Waals surface area contributed by atoms with E-state index in [1.165, 1.54) is 32.5 Å². The Bertz CT molecular complexity index is 954. The Kier molecular flexibility index (Phi) is 3.08. The summed E-state index contributed by atoms with van der Waals surface area (Å²) in [6, 6.07) is 0. The van der Waals surface area contributed by atoms with Gasteiger partial charge in [-0.25, -0.2) is 14.8 Å². The number of aryl methyl sites for hydroxylation is 2. The van der Waals surface area contributed by atoms with Crippen molar-refractivity contribution < 1.29 is 9.90 Å². The Balaban J connectivity index is 1.77. The fourth-order valence-corrected chi connectivity index (χ4v) is 4.75. The van der Waals surface area contributed by atoms with Crippen LogP contribution < -0.4 is 5.56 Å². The van der Waals surface area contributed by atoms with Crippen LogP contribution in [0.25, 0.3) is 10.2 Å². The molecule has 112 valence electrons. The summed E-state index contributed by atoms with van der Waals surface area (Å²) in [5.41, 5.74) is 1.10. The maximum Gasteiger partial charge on any atom is 0.355 e. The number of hydrogen-bond donors (Lipinski definition) is 1. The van der Waals surface area contributed by atoms with Crippen LogP contribution in [0.3, 0.4) is 0 Å². The molecule has 22 heavy (non-hydrogen) atoms. The summed E-state index contributed by atoms with van der Waals surface area (Å²) in [7, 11) is 0. The van der Waals surface area contributed by atoms with Gasteiger partial charge in [-0.2, -0.15) is 0 Å². The molecule has 0 aliphatic heterocycles. The van der Waals surface area contributed by atoms with Gasteiger partial charge in [0.05, 0.1) is 18.3 Å². The van der Waals surface area contributed by atoms with Gasteiger partial charge >= 0.3 is 5.97 Å². The van der Waals surface area contributed by atoms with Crippen molar-refractivity contribution in [2.45, 2.75) is 25.8 Å². The van der Waals surface area contributed by atoms with Gasteiger partial charge in [0.1, 0.15) is 9.84 Å². The Hall–Kier alpha value is -2.06. The van der Waals surface area contributed by atoms with Crippen molar-refractivity contribution in [3.05, 3.63) is 43.2 Å². The van der Waals surface area contributed by atoms with E-state index in [0.717, 1.165) is 35.0 Å². The monoisotopic (exact) mass is 333 g/mol. The van der Waals surface area contributed by atoms with Crippen LogP contribution in [0, 0.1) is 0 Å². The first-order valence-corrected chi connectivity index (χ1v) is 8.50. The zero-order valence-corrected chi connectivity index (χ0v) is 13.0. The highest BCUT2D eigenvalue weighted by Crippen LogP contribution is 2.34. The standard InChI is InChI=1S/C14H11N3O3S2/c18-13-11-7-2-1-3-9(7)22-12(11)15-6-17(13)4-10-16-8(5-21-10)14(19)20/h5-6H,1-4H2,(H,19,20). The lowest BCUT2D eigenvalue weighted by atomic mass is 10.2. The van der Waals surface area contributed by atoms with Gasteiger partial charge in [0.2, 0.25) is 0 Å². The first kappa shape index (κ1) is 13.6. The third-order valence-corrected chi connectivity index (χ3v) is 5.80. The van der Waals surface area contributed by atoms with E-state index in [-0.39, 0.29) is 17.8 Å². The van der Waals surface area contributed by atoms with Gasteiger partial charge in [-0.15, -0.1) is 22.7 Å². The number of carboxylic acid groups (broad SMARTS) is 1. The summed E-state index contributed by atoms with van der Waals surface area (Å²) in [5, 5.41) is 11.7. The van der Waals surface area contributed by atoms with Crippen LogP contribution in [0.1, 0.15) is 32.4 Å². The second kappa shape index (κ2) is 4.99. The Morgan fingerprint density at radius 1 is 1.41 bits per heavy atom. The van der Waals surface area contributed by atoms with E-state index in [0.29, 0.717) is 5.01 Å². The van der Waals surface area contributed by atoms with Gasteiger partial charge in [0.15, 0.2) is 5.69 Å². The zero-order valence-electron chi connectivity index (χ0n) is 11.4. The highest BCUT2D eigenvalue weighted by Gasteiger charge is 2.21. The predicted octanol–water partition coefficient (Wildman–Crippen LogP) is 2.15. The molecule has 0 aromatic carbocycles. The van der Waals surface area contributed by atoms with Crippen LogP contribution >= 0.6 is 22.7 Å². The van der Waals surface area contributed by atoms with Gasteiger partial charge in [-0.3, -0.25) is 9.36 Å². The summed E-state index contributed by atoms with van der Waals surface area (Å²) in [5.74, 6) is -1.06. The molecule has 1 aliphatic rings. The van der Waals surface area contributed by atoms with Gasteiger partial charge in [-0.1, -0.05) is 0 Å². The third kappa shape index (κ3) is 2.06. The molecule has 0 fully saturated rings. The van der Waals surface area contributed by atoms with E-state index in [9.17, 15) is 9.59 Å². The molecule has 1 N–H and O–H groups in total. The van der Waals surface area contributed by atoms with Gasteiger partial charge in [0, 0.05) is 10.3 Å². The number of carbonyl (C=O) groups is 1. The second-order valence-electron chi connectivity index (χ2n) is 5.15. The summed E-state index contributed by atoms with van der Waals surface area (Å²) < 4.78 is 1.51. The number of rotatable bonds is 3. The van der Waals surface area contributed by atoms with Crippen molar-refractivity contribution in [1.82, 2.24) is 14.5 Å². The third-order valence-electron chi connectivity index (χ3n) is 3.77. The molecule has 8 heteroatoms. The number of nitrogens with zero attached hydrogens (tertiary/aromatic N) is 3. The minimum absolute atomic E-state index is 0.0125. The van der Waals surface area contributed by atoms with E-state index in [1.807, 2.05) is 0 Å². The molecule has 0 unspecified atom stereocenters. The van der Waals surface area contributed by atoms with E-state index in [2.05, 4.69) is 9.97 Å². The normalized spacial score (nSPS) is 13.6. The molecule has 0 spiro atoms. The zero-order chi connectivity index (χ0) is 15.3. The highest BCUT2D eigenvalue weighted by molar-refractivity contribution is 7.18. The molecule has 0 saturated carbocycles. The van der Waals surface area contributed by atoms with Gasteiger partial charge in [0.25, 0.3) is 5.56 Å². The number of thiazole rings is 1. The number of fused-ring (bicyclic) bond motifs is 3. The summed E-state index contributed by atoms with van der Waals surface area (Å²) in [6.07, 6.45) is 4.60. The summed E-state index contributed by atoms with van der Waals surface area (Å²) in [6.45, 7) is 0.254. The fraction of sp³-hybridized carbons (Fsp3) is 0.286. The molecule has 1 aliphatic carbocycles. The van der Waals surface area contributed by atoms with Crippen molar-refractivity contribution >= 4 is 38.9 Å². The van der Waals surface area contributed by atoms with E-state index in [4.69, 9.17) is 5.11 Å². The van der Waals surface area contributed by atoms with E-state index < -0.39 is 5.97 Å². The number of aromatic carboxylic acids is 1. The molecule has 0 saturated heterocycles. The first-order valence-electron chi connectivity index (χ1n) is 6.81. The van der Waals surface area contributed by atoms with E-state index >= 15 is 0 Å². The van der Waals surface area contributed by atoms with Crippen LogP contribution in [-0.2, 0) is 19.4 Å². The number of carboxylic acids is 1. The van der Waals surface area contributed by atoms with Crippen LogP contribution in [0.4, 0.5) is 0 Å². The average Bonchev–Trinajstić information content (AvgIpc) is 3.16. The largest absolute Gasteiger partial charge is 0.476 e. The SMILES string of the molecule is O=C(O)c1csc(Cn2cnc3sc4c(c3c2=O)CCC4)n1. The minimum Gasteiger partial charge on any atom is -0.476 e. The molecule has 4 rings (SSSR count). The number of aromatic nitrogens is 3. The quantitative estimate of drug-likeness (QED) is 0.794. The van der Waals surface area contributed by atoms with Crippen molar-refractivity contribution in [2.75, 3.05) is 0 Å². The highest BCUT2D eigenvalue weighted by atomic mass is 32.1. The Morgan fingerprint density at radius 2 is 2.27 bits per heavy atom. The molecular formula is C14H11N3O3S2. The number of thiophene rings is 1. The summed E-state index contributed by atoms with van der Waals surface area (Å²) >= 11 is 2.85. The predicted molar refractivity (Wildman–Crippen MR) is 84.1 cm³/mol. The molecule has 3 aromatic heterocycles. The Labute approximate surface area is 132 Å². The van der Waals surface area contributed by atoms with Gasteiger partial charge in [-0.05, 0) is 24.8 Å². The average molecular weight is 333 g/mol. The summed E-state index contributed by atoms with van der Waals surface area (Å²) in [4.78, 5) is 34.0. The lowest BCUT2D eigenvalue weighted by Gasteiger charge is -2.03. The maximum atomic E-state index is 12.7.